The fourth-order valence-corrected chi connectivity index (χ4v) is 4.29. The highest BCUT2D eigenvalue weighted by molar-refractivity contribution is 7.10. The third-order valence-corrected chi connectivity index (χ3v) is 6.35. The zero-order valence-electron chi connectivity index (χ0n) is 17.4. The molecular formula is C20H35N5OS. The van der Waals surface area contributed by atoms with Crippen molar-refractivity contribution in [1.29, 1.82) is 0 Å². The number of likely N-dealkylation sites (tertiary alicyclic amines) is 1. The Bertz CT molecular complexity index is 612. The molecule has 0 radical (unpaired) electrons. The van der Waals surface area contributed by atoms with Gasteiger partial charge in [0.25, 0.3) is 0 Å². The second-order valence-corrected chi connectivity index (χ2v) is 8.94. The SMILES string of the molecule is CN=C(NCCCN1CCCC1C(=O)N(C)C)NCC(C)(C)c1cccs1. The molecule has 1 aromatic rings. The number of carbonyl (C=O) groups excluding carboxylic acids is 1. The normalized spacial score (nSPS) is 18.6. The first-order chi connectivity index (χ1) is 12.8. The number of guanidine groups is 1. The molecule has 27 heavy (non-hydrogen) atoms. The van der Waals surface area contributed by atoms with Gasteiger partial charge in [-0.05, 0) is 37.3 Å². The molecule has 2 N–H and O–H groups in total. The van der Waals surface area contributed by atoms with Crippen molar-refractivity contribution in [2.45, 2.75) is 44.6 Å². The van der Waals surface area contributed by atoms with Crippen molar-refractivity contribution in [2.75, 3.05) is 47.3 Å². The van der Waals surface area contributed by atoms with Gasteiger partial charge in [-0.3, -0.25) is 14.7 Å². The zero-order valence-corrected chi connectivity index (χ0v) is 18.2. The van der Waals surface area contributed by atoms with Gasteiger partial charge in [-0.2, -0.15) is 0 Å². The Balaban J connectivity index is 1.71. The summed E-state index contributed by atoms with van der Waals surface area (Å²) in [5, 5.41) is 8.96. The first kappa shape index (κ1) is 21.7. The van der Waals surface area contributed by atoms with E-state index in [1.807, 2.05) is 14.1 Å². The van der Waals surface area contributed by atoms with Crippen LogP contribution < -0.4 is 10.6 Å². The molecule has 1 amide bonds. The molecule has 2 heterocycles. The average Bonchev–Trinajstić information content (AvgIpc) is 3.32. The lowest BCUT2D eigenvalue weighted by atomic mass is 9.91. The minimum Gasteiger partial charge on any atom is -0.356 e. The van der Waals surface area contributed by atoms with E-state index in [1.54, 1.807) is 23.3 Å². The van der Waals surface area contributed by atoms with Crippen LogP contribution >= 0.6 is 11.3 Å². The molecule has 0 bridgehead atoms. The highest BCUT2D eigenvalue weighted by Crippen LogP contribution is 2.26. The molecule has 1 unspecified atom stereocenters. The maximum atomic E-state index is 12.3. The molecule has 7 heteroatoms. The van der Waals surface area contributed by atoms with Crippen molar-refractivity contribution < 1.29 is 4.79 Å². The van der Waals surface area contributed by atoms with Crippen molar-refractivity contribution >= 4 is 23.2 Å². The van der Waals surface area contributed by atoms with Gasteiger partial charge in [0.2, 0.25) is 5.91 Å². The number of thiophene rings is 1. The average molecular weight is 394 g/mol. The summed E-state index contributed by atoms with van der Waals surface area (Å²) in [4.78, 5) is 22.0. The number of likely N-dealkylation sites (N-methyl/N-ethyl adjacent to an activating group) is 1. The molecule has 1 saturated heterocycles. The first-order valence-electron chi connectivity index (χ1n) is 9.79. The Hall–Kier alpha value is -1.60. The van der Waals surface area contributed by atoms with E-state index in [9.17, 15) is 4.79 Å². The van der Waals surface area contributed by atoms with Crippen LogP contribution in [0.2, 0.25) is 0 Å². The van der Waals surface area contributed by atoms with Gasteiger partial charge >= 0.3 is 0 Å². The van der Waals surface area contributed by atoms with Gasteiger partial charge in [0, 0.05) is 51.1 Å². The van der Waals surface area contributed by atoms with Crippen LogP contribution in [0.5, 0.6) is 0 Å². The Labute approximate surface area is 168 Å². The third-order valence-electron chi connectivity index (χ3n) is 5.11. The predicted octanol–water partition coefficient (Wildman–Crippen LogP) is 2.13. The third kappa shape index (κ3) is 6.21. The summed E-state index contributed by atoms with van der Waals surface area (Å²) in [5.41, 5.74) is 0.0705. The van der Waals surface area contributed by atoms with E-state index in [-0.39, 0.29) is 17.4 Å². The number of carbonyl (C=O) groups is 1. The molecule has 0 saturated carbocycles. The lowest BCUT2D eigenvalue weighted by molar-refractivity contribution is -0.133. The lowest BCUT2D eigenvalue weighted by Gasteiger charge is -2.26. The molecule has 0 aliphatic carbocycles. The lowest BCUT2D eigenvalue weighted by Crippen LogP contribution is -2.45. The summed E-state index contributed by atoms with van der Waals surface area (Å²) in [6, 6.07) is 4.34. The van der Waals surface area contributed by atoms with E-state index in [4.69, 9.17) is 0 Å². The fourth-order valence-electron chi connectivity index (χ4n) is 3.44. The summed E-state index contributed by atoms with van der Waals surface area (Å²) in [5.74, 6) is 1.07. The Morgan fingerprint density at radius 1 is 1.41 bits per heavy atom. The topological polar surface area (TPSA) is 60.0 Å². The molecule has 1 aliphatic heterocycles. The number of hydrogen-bond acceptors (Lipinski definition) is 4. The molecule has 0 spiro atoms. The molecule has 1 atom stereocenters. The van der Waals surface area contributed by atoms with E-state index in [0.29, 0.717) is 0 Å². The number of hydrogen-bond donors (Lipinski definition) is 2. The number of nitrogens with one attached hydrogen (secondary N) is 2. The summed E-state index contributed by atoms with van der Waals surface area (Å²) in [6.07, 6.45) is 3.08. The standard InChI is InChI=1S/C20H35N5OS/c1-20(2,17-10-7-14-27-17)15-23-19(21-3)22-11-8-13-25-12-6-9-16(25)18(26)24(4)5/h7,10,14,16H,6,8-9,11-13,15H2,1-5H3,(H2,21,22,23). The van der Waals surface area contributed by atoms with Gasteiger partial charge < -0.3 is 15.5 Å². The fraction of sp³-hybridized carbons (Fsp3) is 0.700. The maximum absolute atomic E-state index is 12.3. The quantitative estimate of drug-likeness (QED) is 0.404. The maximum Gasteiger partial charge on any atom is 0.239 e. The summed E-state index contributed by atoms with van der Waals surface area (Å²) in [6.45, 7) is 8.13. The molecule has 0 aromatic carbocycles. The monoisotopic (exact) mass is 393 g/mol. The minimum atomic E-state index is 0.0593. The van der Waals surface area contributed by atoms with Gasteiger partial charge in [-0.1, -0.05) is 19.9 Å². The van der Waals surface area contributed by atoms with Crippen LogP contribution in [0.4, 0.5) is 0 Å². The molecule has 1 aliphatic rings. The zero-order chi connectivity index (χ0) is 19.9. The highest BCUT2D eigenvalue weighted by atomic mass is 32.1. The Morgan fingerprint density at radius 2 is 2.19 bits per heavy atom. The van der Waals surface area contributed by atoms with E-state index in [1.165, 1.54) is 4.88 Å². The Kier molecular flexibility index (Phi) is 8.10. The van der Waals surface area contributed by atoms with Crippen molar-refractivity contribution in [2.24, 2.45) is 4.99 Å². The summed E-state index contributed by atoms with van der Waals surface area (Å²) >= 11 is 1.79. The van der Waals surface area contributed by atoms with Crippen LogP contribution in [0, 0.1) is 0 Å². The van der Waals surface area contributed by atoms with E-state index in [2.05, 4.69) is 51.9 Å². The number of amides is 1. The Morgan fingerprint density at radius 3 is 2.81 bits per heavy atom. The van der Waals surface area contributed by atoms with Crippen molar-refractivity contribution in [3.63, 3.8) is 0 Å². The van der Waals surface area contributed by atoms with Crippen molar-refractivity contribution in [1.82, 2.24) is 20.4 Å². The summed E-state index contributed by atoms with van der Waals surface area (Å²) < 4.78 is 0. The van der Waals surface area contributed by atoms with Crippen LogP contribution in [-0.4, -0.2) is 75.0 Å². The summed E-state index contributed by atoms with van der Waals surface area (Å²) in [7, 11) is 5.49. The highest BCUT2D eigenvalue weighted by Gasteiger charge is 2.31. The van der Waals surface area contributed by atoms with Crippen LogP contribution in [0.15, 0.2) is 22.5 Å². The molecule has 1 aromatic heterocycles. The number of rotatable bonds is 8. The van der Waals surface area contributed by atoms with Gasteiger partial charge in [0.15, 0.2) is 5.96 Å². The van der Waals surface area contributed by atoms with Crippen LogP contribution in [-0.2, 0) is 10.2 Å². The van der Waals surface area contributed by atoms with Crippen LogP contribution in [0.25, 0.3) is 0 Å². The van der Waals surface area contributed by atoms with Gasteiger partial charge in [-0.15, -0.1) is 11.3 Å². The van der Waals surface area contributed by atoms with Crippen molar-refractivity contribution in [3.8, 4) is 0 Å². The molecule has 6 nitrogen and oxygen atoms in total. The van der Waals surface area contributed by atoms with E-state index >= 15 is 0 Å². The number of nitrogens with zero attached hydrogens (tertiary/aromatic N) is 3. The number of aliphatic imine (C=N–C) groups is 1. The van der Waals surface area contributed by atoms with Gasteiger partial charge in [0.05, 0.1) is 6.04 Å². The largest absolute Gasteiger partial charge is 0.356 e. The van der Waals surface area contributed by atoms with Crippen LogP contribution in [0.3, 0.4) is 0 Å². The minimum absolute atomic E-state index is 0.0593. The van der Waals surface area contributed by atoms with E-state index in [0.717, 1.165) is 51.4 Å². The van der Waals surface area contributed by atoms with Gasteiger partial charge in [-0.25, -0.2) is 0 Å². The molecule has 2 rings (SSSR count). The second kappa shape index (κ2) is 10.1. The first-order valence-corrected chi connectivity index (χ1v) is 10.7. The van der Waals surface area contributed by atoms with Gasteiger partial charge in [0.1, 0.15) is 0 Å². The predicted molar refractivity (Wildman–Crippen MR) is 115 cm³/mol. The molecule has 152 valence electrons. The van der Waals surface area contributed by atoms with Crippen molar-refractivity contribution in [3.05, 3.63) is 22.4 Å². The van der Waals surface area contributed by atoms with E-state index < -0.39 is 0 Å². The smallest absolute Gasteiger partial charge is 0.239 e. The van der Waals surface area contributed by atoms with Crippen LogP contribution in [0.1, 0.15) is 38.0 Å². The molecule has 1 fully saturated rings. The molecular weight excluding hydrogens is 358 g/mol. The second-order valence-electron chi connectivity index (χ2n) is 7.99.